The summed E-state index contributed by atoms with van der Waals surface area (Å²) in [6.07, 6.45) is 4.07. The number of carbonyl (C=O) groups excluding carboxylic acids is 1. The van der Waals surface area contributed by atoms with Gasteiger partial charge in [-0.3, -0.25) is 9.69 Å². The molecule has 1 saturated heterocycles. The molecule has 0 aromatic heterocycles. The highest BCUT2D eigenvalue weighted by Gasteiger charge is 2.30. The SMILES string of the molecule is CN1C(CC(=O)c2ccccc2)CCCC1C[C@@H](O)c1ccccc1. The van der Waals surface area contributed by atoms with E-state index in [9.17, 15) is 9.90 Å². The van der Waals surface area contributed by atoms with Gasteiger partial charge in [-0.15, -0.1) is 0 Å². The fraction of sp³-hybridized carbons (Fsp3) is 0.409. The summed E-state index contributed by atoms with van der Waals surface area (Å²) in [4.78, 5) is 14.8. The number of nitrogens with zero attached hydrogens (tertiary/aromatic N) is 1. The molecular weight excluding hydrogens is 310 g/mol. The lowest BCUT2D eigenvalue weighted by molar-refractivity contribution is 0.0549. The Morgan fingerprint density at radius 1 is 1.04 bits per heavy atom. The monoisotopic (exact) mass is 337 g/mol. The first-order valence-electron chi connectivity index (χ1n) is 9.18. The lowest BCUT2D eigenvalue weighted by Crippen LogP contribution is -2.45. The van der Waals surface area contributed by atoms with E-state index in [0.717, 1.165) is 36.8 Å². The van der Waals surface area contributed by atoms with E-state index in [1.54, 1.807) is 0 Å². The molecule has 3 atom stereocenters. The van der Waals surface area contributed by atoms with E-state index < -0.39 is 6.10 Å². The second-order valence-corrected chi connectivity index (χ2v) is 7.06. The van der Waals surface area contributed by atoms with Crippen LogP contribution in [-0.4, -0.2) is 34.9 Å². The van der Waals surface area contributed by atoms with E-state index in [0.29, 0.717) is 12.5 Å². The summed E-state index contributed by atoms with van der Waals surface area (Å²) in [6, 6.07) is 20.0. The van der Waals surface area contributed by atoms with Crippen LogP contribution in [0.2, 0.25) is 0 Å². The second kappa shape index (κ2) is 8.41. The van der Waals surface area contributed by atoms with Crippen molar-refractivity contribution < 1.29 is 9.90 Å². The number of Topliss-reactive ketones (excluding diaryl/α,β-unsaturated/α-hetero) is 1. The topological polar surface area (TPSA) is 40.5 Å². The van der Waals surface area contributed by atoms with Gasteiger partial charge in [0.1, 0.15) is 0 Å². The summed E-state index contributed by atoms with van der Waals surface area (Å²) in [5.41, 5.74) is 1.76. The van der Waals surface area contributed by atoms with Gasteiger partial charge in [0.25, 0.3) is 0 Å². The average molecular weight is 337 g/mol. The van der Waals surface area contributed by atoms with E-state index in [4.69, 9.17) is 0 Å². The zero-order valence-electron chi connectivity index (χ0n) is 14.8. The highest BCUT2D eigenvalue weighted by molar-refractivity contribution is 5.96. The molecule has 1 fully saturated rings. The summed E-state index contributed by atoms with van der Waals surface area (Å²) < 4.78 is 0. The van der Waals surface area contributed by atoms with E-state index in [-0.39, 0.29) is 11.8 Å². The Morgan fingerprint density at radius 2 is 1.64 bits per heavy atom. The summed E-state index contributed by atoms with van der Waals surface area (Å²) >= 11 is 0. The van der Waals surface area contributed by atoms with Gasteiger partial charge in [-0.2, -0.15) is 0 Å². The standard InChI is InChI=1S/C22H27NO2/c1-23-19(15-21(24)17-9-4-2-5-10-17)13-8-14-20(23)16-22(25)18-11-6-3-7-12-18/h2-7,9-12,19-21,24H,8,13-16H2,1H3/t19?,20?,21-/m1/s1. The lowest BCUT2D eigenvalue weighted by atomic mass is 9.88. The number of rotatable bonds is 6. The number of ketones is 1. The van der Waals surface area contributed by atoms with Gasteiger partial charge in [-0.05, 0) is 31.9 Å². The predicted molar refractivity (Wildman–Crippen MR) is 101 cm³/mol. The van der Waals surface area contributed by atoms with Crippen molar-refractivity contribution in [3.05, 3.63) is 71.8 Å². The number of piperidine rings is 1. The molecule has 2 unspecified atom stereocenters. The van der Waals surface area contributed by atoms with Gasteiger partial charge in [0, 0.05) is 24.1 Å². The molecule has 2 aromatic rings. The molecule has 1 heterocycles. The first kappa shape index (κ1) is 17.8. The Morgan fingerprint density at radius 3 is 2.32 bits per heavy atom. The molecular formula is C22H27NO2. The molecule has 132 valence electrons. The number of aliphatic hydroxyl groups is 1. The zero-order valence-corrected chi connectivity index (χ0v) is 14.8. The van der Waals surface area contributed by atoms with Crippen molar-refractivity contribution in [2.24, 2.45) is 0 Å². The minimum atomic E-state index is -0.447. The minimum absolute atomic E-state index is 0.210. The maximum atomic E-state index is 12.5. The van der Waals surface area contributed by atoms with E-state index >= 15 is 0 Å². The van der Waals surface area contributed by atoms with Crippen LogP contribution in [0.4, 0.5) is 0 Å². The molecule has 0 saturated carbocycles. The fourth-order valence-corrected chi connectivity index (χ4v) is 3.85. The molecule has 3 heteroatoms. The second-order valence-electron chi connectivity index (χ2n) is 7.06. The molecule has 0 amide bonds. The Balaban J connectivity index is 1.61. The van der Waals surface area contributed by atoms with Crippen LogP contribution in [-0.2, 0) is 0 Å². The van der Waals surface area contributed by atoms with Crippen molar-refractivity contribution >= 4 is 5.78 Å². The van der Waals surface area contributed by atoms with E-state index in [2.05, 4.69) is 11.9 Å². The van der Waals surface area contributed by atoms with E-state index in [1.807, 2.05) is 60.7 Å². The molecule has 2 aromatic carbocycles. The van der Waals surface area contributed by atoms with Crippen molar-refractivity contribution in [3.8, 4) is 0 Å². The zero-order chi connectivity index (χ0) is 17.6. The molecule has 0 bridgehead atoms. The Labute approximate surface area is 150 Å². The van der Waals surface area contributed by atoms with Crippen molar-refractivity contribution in [3.63, 3.8) is 0 Å². The lowest BCUT2D eigenvalue weighted by Gasteiger charge is -2.40. The quantitative estimate of drug-likeness (QED) is 0.802. The molecule has 3 rings (SSSR count). The molecule has 1 aliphatic heterocycles. The summed E-state index contributed by atoms with van der Waals surface area (Å²) in [5.74, 6) is 0.210. The third-order valence-corrected chi connectivity index (χ3v) is 5.42. The van der Waals surface area contributed by atoms with E-state index in [1.165, 1.54) is 0 Å². The van der Waals surface area contributed by atoms with Crippen LogP contribution in [0.5, 0.6) is 0 Å². The van der Waals surface area contributed by atoms with Gasteiger partial charge in [-0.1, -0.05) is 67.1 Å². The van der Waals surface area contributed by atoms with Crippen LogP contribution in [0.3, 0.4) is 0 Å². The number of likely N-dealkylation sites (tertiary alicyclic amines) is 1. The molecule has 1 N–H and O–H groups in total. The van der Waals surface area contributed by atoms with Crippen molar-refractivity contribution in [1.82, 2.24) is 4.90 Å². The minimum Gasteiger partial charge on any atom is -0.388 e. The average Bonchev–Trinajstić information content (AvgIpc) is 2.66. The molecule has 0 aliphatic carbocycles. The largest absolute Gasteiger partial charge is 0.388 e. The number of hydrogen-bond donors (Lipinski definition) is 1. The molecule has 1 aliphatic rings. The number of carbonyl (C=O) groups is 1. The Kier molecular flexibility index (Phi) is 6.00. The first-order chi connectivity index (χ1) is 12.1. The highest BCUT2D eigenvalue weighted by Crippen LogP contribution is 2.30. The third-order valence-electron chi connectivity index (χ3n) is 5.42. The summed E-state index contributed by atoms with van der Waals surface area (Å²) in [7, 11) is 2.10. The highest BCUT2D eigenvalue weighted by atomic mass is 16.3. The Hall–Kier alpha value is -1.97. The molecule has 25 heavy (non-hydrogen) atoms. The number of hydrogen-bond acceptors (Lipinski definition) is 3. The van der Waals surface area contributed by atoms with Gasteiger partial charge >= 0.3 is 0 Å². The van der Waals surface area contributed by atoms with Crippen LogP contribution < -0.4 is 0 Å². The molecule has 3 nitrogen and oxygen atoms in total. The van der Waals surface area contributed by atoms with Gasteiger partial charge < -0.3 is 5.11 Å². The van der Waals surface area contributed by atoms with Crippen molar-refractivity contribution in [2.75, 3.05) is 7.05 Å². The van der Waals surface area contributed by atoms with Gasteiger partial charge in [0.15, 0.2) is 5.78 Å². The normalized spacial score (nSPS) is 22.5. The van der Waals surface area contributed by atoms with Gasteiger partial charge in [0.05, 0.1) is 6.10 Å². The number of aliphatic hydroxyl groups excluding tert-OH is 1. The van der Waals surface area contributed by atoms with Gasteiger partial charge in [-0.25, -0.2) is 0 Å². The Bertz CT molecular complexity index is 671. The van der Waals surface area contributed by atoms with Crippen LogP contribution in [0.15, 0.2) is 60.7 Å². The third kappa shape index (κ3) is 4.56. The maximum absolute atomic E-state index is 12.5. The van der Waals surface area contributed by atoms with Crippen LogP contribution in [0.1, 0.15) is 54.1 Å². The van der Waals surface area contributed by atoms with Crippen molar-refractivity contribution in [2.45, 2.75) is 50.3 Å². The van der Waals surface area contributed by atoms with Crippen molar-refractivity contribution in [1.29, 1.82) is 0 Å². The van der Waals surface area contributed by atoms with Crippen LogP contribution >= 0.6 is 0 Å². The van der Waals surface area contributed by atoms with Gasteiger partial charge in [0.2, 0.25) is 0 Å². The van der Waals surface area contributed by atoms with Crippen LogP contribution in [0.25, 0.3) is 0 Å². The smallest absolute Gasteiger partial charge is 0.164 e. The summed E-state index contributed by atoms with van der Waals surface area (Å²) in [5, 5.41) is 10.5. The molecule has 0 radical (unpaired) electrons. The maximum Gasteiger partial charge on any atom is 0.164 e. The number of benzene rings is 2. The summed E-state index contributed by atoms with van der Waals surface area (Å²) in [6.45, 7) is 0. The molecule has 0 spiro atoms. The van der Waals surface area contributed by atoms with Crippen LogP contribution in [0, 0.1) is 0 Å². The predicted octanol–water partition coefficient (Wildman–Crippen LogP) is 4.24. The fourth-order valence-electron chi connectivity index (χ4n) is 3.85. The first-order valence-corrected chi connectivity index (χ1v) is 9.18.